The van der Waals surface area contributed by atoms with Crippen LogP contribution in [0.2, 0.25) is 0 Å². The summed E-state index contributed by atoms with van der Waals surface area (Å²) in [6.07, 6.45) is -0.262. The first-order valence-electron chi connectivity index (χ1n) is 9.24. The van der Waals surface area contributed by atoms with Gasteiger partial charge in [-0.05, 0) is 24.6 Å². The van der Waals surface area contributed by atoms with Crippen molar-refractivity contribution < 1.29 is 23.7 Å². The van der Waals surface area contributed by atoms with Gasteiger partial charge in [0.05, 0.1) is 27.9 Å². The number of amides is 1. The topological polar surface area (TPSA) is 84.9 Å². The van der Waals surface area contributed by atoms with Gasteiger partial charge in [-0.2, -0.15) is 0 Å². The number of carbonyl (C=O) groups excluding carboxylic acids is 1. The van der Waals surface area contributed by atoms with Gasteiger partial charge in [-0.25, -0.2) is 4.79 Å². The number of piperazine rings is 1. The van der Waals surface area contributed by atoms with E-state index in [2.05, 4.69) is 15.2 Å². The smallest absolute Gasteiger partial charge is 0.409 e. The maximum Gasteiger partial charge on any atom is 0.409 e. The predicted molar refractivity (Wildman–Crippen MR) is 122 cm³/mol. The van der Waals surface area contributed by atoms with E-state index in [9.17, 15) is 4.79 Å². The molecule has 1 N–H and O–H groups in total. The van der Waals surface area contributed by atoms with Crippen LogP contribution in [0.15, 0.2) is 17.1 Å². The average molecular weight is 522 g/mol. The molecule has 0 spiro atoms. The van der Waals surface area contributed by atoms with Gasteiger partial charge in [0.15, 0.2) is 17.5 Å². The molecular weight excluding hydrogens is 491 g/mol. The Labute approximate surface area is 189 Å². The molecule has 1 heterocycles. The average Bonchev–Trinajstić information content (AvgIpc) is 2.73. The van der Waals surface area contributed by atoms with Crippen molar-refractivity contribution in [2.45, 2.75) is 13.5 Å². The summed E-state index contributed by atoms with van der Waals surface area (Å²) in [7, 11) is 6.51. The van der Waals surface area contributed by atoms with Crippen molar-refractivity contribution in [3.05, 3.63) is 17.7 Å². The second-order valence-corrected chi connectivity index (χ2v) is 6.11. The highest BCUT2D eigenvalue weighted by Crippen LogP contribution is 2.38. The van der Waals surface area contributed by atoms with Crippen LogP contribution in [0.5, 0.6) is 17.2 Å². The van der Waals surface area contributed by atoms with E-state index in [-0.39, 0.29) is 30.1 Å². The minimum atomic E-state index is -0.262. The number of hydrogen-bond donors (Lipinski definition) is 1. The number of nitrogens with zero attached hydrogens (tertiary/aromatic N) is 3. The van der Waals surface area contributed by atoms with Crippen LogP contribution in [0, 0.1) is 0 Å². The number of aliphatic imine (C=N–C) groups is 1. The molecule has 1 aliphatic rings. The monoisotopic (exact) mass is 522 g/mol. The van der Waals surface area contributed by atoms with Gasteiger partial charge in [-0.1, -0.05) is 0 Å². The van der Waals surface area contributed by atoms with Crippen molar-refractivity contribution in [2.24, 2.45) is 4.99 Å². The summed E-state index contributed by atoms with van der Waals surface area (Å²) >= 11 is 0. The fraction of sp³-hybridized carbons (Fsp3) is 0.579. The number of nitrogens with one attached hydrogen (secondary N) is 1. The minimum Gasteiger partial charge on any atom is -0.493 e. The van der Waals surface area contributed by atoms with Crippen molar-refractivity contribution in [1.82, 2.24) is 15.1 Å². The molecule has 1 amide bonds. The molecule has 1 aromatic carbocycles. The number of benzene rings is 1. The lowest BCUT2D eigenvalue weighted by Gasteiger charge is -2.35. The Morgan fingerprint density at radius 3 is 2.03 bits per heavy atom. The third-order valence-corrected chi connectivity index (χ3v) is 4.49. The molecule has 0 saturated carbocycles. The number of carbonyl (C=O) groups is 1. The molecule has 0 bridgehead atoms. The lowest BCUT2D eigenvalue weighted by molar-refractivity contribution is 0.0914. The molecule has 0 aliphatic carbocycles. The predicted octanol–water partition coefficient (Wildman–Crippen LogP) is 2.18. The van der Waals surface area contributed by atoms with Crippen molar-refractivity contribution in [3.8, 4) is 17.2 Å². The Bertz CT molecular complexity index is 668. The second-order valence-electron chi connectivity index (χ2n) is 6.11. The summed E-state index contributed by atoms with van der Waals surface area (Å²) in [4.78, 5) is 20.0. The van der Waals surface area contributed by atoms with Crippen LogP contribution in [0.1, 0.15) is 12.5 Å². The Morgan fingerprint density at radius 1 is 1.03 bits per heavy atom. The van der Waals surface area contributed by atoms with Gasteiger partial charge in [-0.15, -0.1) is 24.0 Å². The van der Waals surface area contributed by atoms with Crippen LogP contribution in [-0.4, -0.2) is 83.0 Å². The van der Waals surface area contributed by atoms with E-state index in [1.807, 2.05) is 19.1 Å². The number of rotatable bonds is 6. The van der Waals surface area contributed by atoms with Crippen molar-refractivity contribution in [3.63, 3.8) is 0 Å². The van der Waals surface area contributed by atoms with Gasteiger partial charge >= 0.3 is 6.09 Å². The van der Waals surface area contributed by atoms with Crippen LogP contribution >= 0.6 is 24.0 Å². The number of ether oxygens (including phenoxy) is 4. The molecule has 1 aliphatic heterocycles. The van der Waals surface area contributed by atoms with Crippen molar-refractivity contribution in [2.75, 3.05) is 61.2 Å². The normalized spacial score (nSPS) is 14.0. The van der Waals surface area contributed by atoms with E-state index in [0.717, 1.165) is 11.5 Å². The first kappa shape index (κ1) is 24.9. The molecule has 2 rings (SSSR count). The van der Waals surface area contributed by atoms with Gasteiger partial charge in [0.1, 0.15) is 0 Å². The Hall–Kier alpha value is -2.11. The lowest BCUT2D eigenvalue weighted by atomic mass is 10.2. The second kappa shape index (κ2) is 12.5. The molecule has 0 aromatic heterocycles. The molecule has 29 heavy (non-hydrogen) atoms. The van der Waals surface area contributed by atoms with Gasteiger partial charge in [0, 0.05) is 39.8 Å². The molecule has 0 unspecified atom stereocenters. The van der Waals surface area contributed by atoms with Crippen LogP contribution in [0.3, 0.4) is 0 Å². The van der Waals surface area contributed by atoms with Gasteiger partial charge in [0.2, 0.25) is 5.75 Å². The zero-order valence-corrected chi connectivity index (χ0v) is 20.0. The van der Waals surface area contributed by atoms with Crippen LogP contribution in [0.4, 0.5) is 4.79 Å². The Kier molecular flexibility index (Phi) is 10.7. The lowest BCUT2D eigenvalue weighted by Crippen LogP contribution is -2.53. The maximum atomic E-state index is 11.8. The molecule has 9 nitrogen and oxygen atoms in total. The van der Waals surface area contributed by atoms with E-state index in [4.69, 9.17) is 18.9 Å². The van der Waals surface area contributed by atoms with Crippen molar-refractivity contribution >= 4 is 36.0 Å². The number of halogens is 1. The van der Waals surface area contributed by atoms with Crippen LogP contribution in [0.25, 0.3) is 0 Å². The first-order chi connectivity index (χ1) is 13.6. The summed E-state index contributed by atoms with van der Waals surface area (Å²) in [6.45, 7) is 5.32. The number of guanidine groups is 1. The highest BCUT2D eigenvalue weighted by molar-refractivity contribution is 14.0. The maximum absolute atomic E-state index is 11.8. The van der Waals surface area contributed by atoms with Crippen LogP contribution < -0.4 is 19.5 Å². The highest BCUT2D eigenvalue weighted by atomic mass is 127. The van der Waals surface area contributed by atoms with Gasteiger partial charge in [-0.3, -0.25) is 4.99 Å². The van der Waals surface area contributed by atoms with E-state index in [1.165, 1.54) is 0 Å². The number of methoxy groups -OCH3 is 3. The minimum absolute atomic E-state index is 0. The fourth-order valence-corrected chi connectivity index (χ4v) is 3.07. The zero-order chi connectivity index (χ0) is 20.5. The summed E-state index contributed by atoms with van der Waals surface area (Å²) < 4.78 is 21.2. The molecule has 164 valence electrons. The standard InChI is InChI=1S/C19H30N4O5.HI/c1-6-28-19(24)23-9-7-22(8-10-23)18(20-2)21-13-14-11-15(25-3)17(27-5)16(12-14)26-4;/h11-12H,6-10,13H2,1-5H3,(H,20,21);1H. The van der Waals surface area contributed by atoms with Crippen molar-refractivity contribution in [1.29, 1.82) is 0 Å². The van der Waals surface area contributed by atoms with Gasteiger partial charge in [0.25, 0.3) is 0 Å². The third kappa shape index (κ3) is 6.44. The van der Waals surface area contributed by atoms with E-state index in [1.54, 1.807) is 33.3 Å². The zero-order valence-electron chi connectivity index (χ0n) is 17.7. The van der Waals surface area contributed by atoms with E-state index >= 15 is 0 Å². The SMILES string of the molecule is CCOC(=O)N1CCN(C(=NC)NCc2cc(OC)c(OC)c(OC)c2)CC1.I. The quantitative estimate of drug-likeness (QED) is 0.349. The molecule has 1 saturated heterocycles. The summed E-state index contributed by atoms with van der Waals surface area (Å²) in [5.41, 5.74) is 0.973. The Balaban J connectivity index is 0.00000420. The Morgan fingerprint density at radius 2 is 1.59 bits per heavy atom. The summed E-state index contributed by atoms with van der Waals surface area (Å²) in [5.74, 6) is 2.55. The first-order valence-corrected chi connectivity index (χ1v) is 9.24. The number of hydrogen-bond acceptors (Lipinski definition) is 6. The fourth-order valence-electron chi connectivity index (χ4n) is 3.07. The molecule has 1 aromatic rings. The summed E-state index contributed by atoms with van der Waals surface area (Å²) in [6, 6.07) is 3.81. The van der Waals surface area contributed by atoms with Gasteiger partial charge < -0.3 is 34.1 Å². The molecule has 0 atom stereocenters. The molecule has 0 radical (unpaired) electrons. The third-order valence-electron chi connectivity index (χ3n) is 4.49. The molecule has 10 heteroatoms. The van der Waals surface area contributed by atoms with E-state index in [0.29, 0.717) is 56.6 Å². The van der Waals surface area contributed by atoms with E-state index < -0.39 is 0 Å². The largest absolute Gasteiger partial charge is 0.493 e. The highest BCUT2D eigenvalue weighted by Gasteiger charge is 2.23. The molecule has 1 fully saturated rings. The molecular formula is C19H31IN4O5. The summed E-state index contributed by atoms with van der Waals surface area (Å²) in [5, 5.41) is 3.35. The van der Waals surface area contributed by atoms with Crippen LogP contribution in [-0.2, 0) is 11.3 Å².